The van der Waals surface area contributed by atoms with E-state index in [4.69, 9.17) is 16.3 Å². The number of para-hydroxylation sites is 1. The van der Waals surface area contributed by atoms with Gasteiger partial charge in [-0.3, -0.25) is 0 Å². The fourth-order valence-electron chi connectivity index (χ4n) is 4.27. The molecule has 0 aliphatic carbocycles. The molecule has 4 nitrogen and oxygen atoms in total. The van der Waals surface area contributed by atoms with Crippen LogP contribution in [0.5, 0.6) is 5.75 Å². The molecule has 1 saturated heterocycles. The second-order valence-corrected chi connectivity index (χ2v) is 7.78. The van der Waals surface area contributed by atoms with Crippen LogP contribution in [0.15, 0.2) is 54.6 Å². The minimum Gasteiger partial charge on any atom is -0.470 e. The van der Waals surface area contributed by atoms with Crippen molar-refractivity contribution in [3.05, 3.63) is 70.8 Å². The van der Waals surface area contributed by atoms with Crippen molar-refractivity contribution in [2.24, 2.45) is 0 Å². The van der Waals surface area contributed by atoms with Crippen LogP contribution in [0.2, 0.25) is 5.02 Å². The summed E-state index contributed by atoms with van der Waals surface area (Å²) < 4.78 is 6.61. The topological polar surface area (TPSA) is 27.7 Å². The van der Waals surface area contributed by atoms with E-state index >= 15 is 0 Å². The van der Waals surface area contributed by atoms with E-state index in [2.05, 4.69) is 58.8 Å². The summed E-state index contributed by atoms with van der Waals surface area (Å²) in [4.78, 5) is 2.36. The van der Waals surface area contributed by atoms with E-state index in [1.54, 1.807) is 0 Å². The van der Waals surface area contributed by atoms with Gasteiger partial charge in [-0.2, -0.15) is 5.01 Å². The number of hydrogen-bond donors (Lipinski definition) is 1. The van der Waals surface area contributed by atoms with Crippen molar-refractivity contribution < 1.29 is 4.74 Å². The highest BCUT2D eigenvalue weighted by Crippen LogP contribution is 2.48. The maximum Gasteiger partial charge on any atom is 0.182 e. The van der Waals surface area contributed by atoms with Crippen molar-refractivity contribution in [1.29, 1.82) is 0 Å². The van der Waals surface area contributed by atoms with Crippen LogP contribution >= 0.6 is 11.6 Å². The lowest BCUT2D eigenvalue weighted by Gasteiger charge is -2.51. The van der Waals surface area contributed by atoms with Gasteiger partial charge in [0.05, 0.1) is 11.7 Å². The molecule has 134 valence electrons. The first kappa shape index (κ1) is 16.2. The molecule has 3 aliphatic heterocycles. The molecule has 0 saturated carbocycles. The number of benzene rings is 2. The van der Waals surface area contributed by atoms with E-state index in [-0.39, 0.29) is 11.8 Å². The smallest absolute Gasteiger partial charge is 0.182 e. The first-order chi connectivity index (χ1) is 12.7. The standard InChI is InChI=1S/C21H22ClN3O/c1-24-12-10-21(11-13-24)25-19(16-7-3-5-9-20(16)26-21)14-18(23-25)15-6-2-4-8-17(15)22/h2-9,14,19,23H,10-13H2,1H3/t19-/m0/s1. The fraction of sp³-hybridized carbons (Fsp3) is 0.333. The molecule has 1 fully saturated rings. The van der Waals surface area contributed by atoms with Crippen LogP contribution in [0.3, 0.4) is 0 Å². The van der Waals surface area contributed by atoms with Gasteiger partial charge < -0.3 is 15.1 Å². The third-order valence-electron chi connectivity index (χ3n) is 5.75. The summed E-state index contributed by atoms with van der Waals surface area (Å²) in [6.07, 6.45) is 4.21. The summed E-state index contributed by atoms with van der Waals surface area (Å²) in [5.41, 5.74) is 6.59. The number of hydrazine groups is 1. The van der Waals surface area contributed by atoms with E-state index in [9.17, 15) is 0 Å². The zero-order valence-corrected chi connectivity index (χ0v) is 15.5. The number of hydrogen-bond acceptors (Lipinski definition) is 4. The Hall–Kier alpha value is -2.01. The lowest BCUT2D eigenvalue weighted by atomic mass is 9.93. The molecule has 5 heteroatoms. The summed E-state index contributed by atoms with van der Waals surface area (Å²) in [7, 11) is 2.17. The van der Waals surface area contributed by atoms with Crippen molar-refractivity contribution in [3.63, 3.8) is 0 Å². The van der Waals surface area contributed by atoms with Crippen LogP contribution in [0, 0.1) is 0 Å². The third kappa shape index (κ3) is 2.44. The van der Waals surface area contributed by atoms with E-state index in [0.717, 1.165) is 48.0 Å². The number of fused-ring (bicyclic) bond motifs is 4. The molecule has 3 heterocycles. The molecule has 2 aromatic carbocycles. The van der Waals surface area contributed by atoms with Crippen molar-refractivity contribution in [2.45, 2.75) is 24.6 Å². The van der Waals surface area contributed by atoms with Crippen LogP contribution in [0.25, 0.3) is 5.70 Å². The predicted molar refractivity (Wildman–Crippen MR) is 104 cm³/mol. The van der Waals surface area contributed by atoms with Crippen LogP contribution < -0.4 is 10.2 Å². The Morgan fingerprint density at radius 1 is 1.08 bits per heavy atom. The maximum atomic E-state index is 6.61. The molecule has 0 radical (unpaired) electrons. The van der Waals surface area contributed by atoms with E-state index in [1.807, 2.05) is 18.2 Å². The van der Waals surface area contributed by atoms with Gasteiger partial charge in [-0.05, 0) is 25.3 Å². The van der Waals surface area contributed by atoms with Gasteiger partial charge in [0.15, 0.2) is 5.72 Å². The fourth-order valence-corrected chi connectivity index (χ4v) is 4.50. The molecular weight excluding hydrogens is 346 g/mol. The number of nitrogens with zero attached hydrogens (tertiary/aromatic N) is 2. The molecule has 26 heavy (non-hydrogen) atoms. The number of piperidine rings is 1. The van der Waals surface area contributed by atoms with Crippen molar-refractivity contribution in [2.75, 3.05) is 20.1 Å². The number of likely N-dealkylation sites (tertiary alicyclic amines) is 1. The summed E-state index contributed by atoms with van der Waals surface area (Å²) >= 11 is 6.46. The molecule has 3 aliphatic rings. The lowest BCUT2D eigenvalue weighted by molar-refractivity contribution is -0.157. The molecule has 1 atom stereocenters. The molecule has 0 aromatic heterocycles. The summed E-state index contributed by atoms with van der Waals surface area (Å²) in [6.45, 7) is 2.04. The van der Waals surface area contributed by atoms with Crippen LogP contribution in [-0.2, 0) is 0 Å². The van der Waals surface area contributed by atoms with Crippen molar-refractivity contribution >= 4 is 17.3 Å². The van der Waals surface area contributed by atoms with Gasteiger partial charge in [-0.15, -0.1) is 0 Å². The van der Waals surface area contributed by atoms with Crippen LogP contribution in [0.1, 0.15) is 30.0 Å². The Morgan fingerprint density at radius 2 is 1.81 bits per heavy atom. The van der Waals surface area contributed by atoms with Gasteiger partial charge in [0.1, 0.15) is 5.75 Å². The number of nitrogens with one attached hydrogen (secondary N) is 1. The molecule has 1 spiro atoms. The van der Waals surface area contributed by atoms with Crippen LogP contribution in [-0.4, -0.2) is 35.8 Å². The molecular formula is C21H22ClN3O. The van der Waals surface area contributed by atoms with E-state index in [0.29, 0.717) is 0 Å². The SMILES string of the molecule is CN1CCC2(CC1)Oc1ccccc1[C@@H]1C=C(c3ccccc3Cl)NN12. The number of rotatable bonds is 1. The van der Waals surface area contributed by atoms with E-state index in [1.165, 1.54) is 5.56 Å². The van der Waals surface area contributed by atoms with E-state index < -0.39 is 0 Å². The first-order valence-corrected chi connectivity index (χ1v) is 9.53. The predicted octanol–water partition coefficient (Wildman–Crippen LogP) is 4.06. The Labute approximate surface area is 159 Å². The zero-order valence-electron chi connectivity index (χ0n) is 14.8. The Kier molecular flexibility index (Phi) is 3.74. The minimum absolute atomic E-state index is 0.148. The van der Waals surface area contributed by atoms with Gasteiger partial charge >= 0.3 is 0 Å². The summed E-state index contributed by atoms with van der Waals surface area (Å²) in [5, 5.41) is 3.07. The van der Waals surface area contributed by atoms with Crippen molar-refractivity contribution in [3.8, 4) is 5.75 Å². The molecule has 5 rings (SSSR count). The Balaban J connectivity index is 1.59. The third-order valence-corrected chi connectivity index (χ3v) is 6.08. The lowest BCUT2D eigenvalue weighted by Crippen LogP contribution is -2.63. The summed E-state index contributed by atoms with van der Waals surface area (Å²) in [5.74, 6) is 0.997. The monoisotopic (exact) mass is 367 g/mol. The van der Waals surface area contributed by atoms with Gasteiger partial charge in [-0.25, -0.2) is 0 Å². The Bertz CT molecular complexity index is 873. The normalized spacial score (nSPS) is 24.4. The van der Waals surface area contributed by atoms with Gasteiger partial charge in [0.2, 0.25) is 0 Å². The van der Waals surface area contributed by atoms with Crippen LogP contribution in [0.4, 0.5) is 0 Å². The minimum atomic E-state index is -0.328. The molecule has 0 bridgehead atoms. The molecule has 0 amide bonds. The summed E-state index contributed by atoms with van der Waals surface area (Å²) in [6, 6.07) is 16.5. The Morgan fingerprint density at radius 3 is 2.62 bits per heavy atom. The quantitative estimate of drug-likeness (QED) is 0.822. The van der Waals surface area contributed by atoms with Crippen molar-refractivity contribution in [1.82, 2.24) is 15.3 Å². The largest absolute Gasteiger partial charge is 0.470 e. The first-order valence-electron chi connectivity index (χ1n) is 9.15. The number of halogens is 1. The van der Waals surface area contributed by atoms with Gasteiger partial charge in [-0.1, -0.05) is 48.0 Å². The van der Waals surface area contributed by atoms with Gasteiger partial charge in [0.25, 0.3) is 0 Å². The average molecular weight is 368 g/mol. The molecule has 1 N–H and O–H groups in total. The highest BCUT2D eigenvalue weighted by atomic mass is 35.5. The zero-order chi connectivity index (χ0) is 17.7. The molecule has 0 unspecified atom stereocenters. The number of ether oxygens (including phenoxy) is 1. The highest BCUT2D eigenvalue weighted by molar-refractivity contribution is 6.32. The second kappa shape index (κ2) is 6.02. The van der Waals surface area contributed by atoms with Gasteiger partial charge in [0, 0.05) is 42.1 Å². The second-order valence-electron chi connectivity index (χ2n) is 7.38. The molecule has 2 aromatic rings. The average Bonchev–Trinajstić information content (AvgIpc) is 3.11. The highest BCUT2D eigenvalue weighted by Gasteiger charge is 2.51. The maximum absolute atomic E-state index is 6.61.